The van der Waals surface area contributed by atoms with Crippen LogP contribution >= 0.6 is 23.2 Å². The quantitative estimate of drug-likeness (QED) is 0.442. The van der Waals surface area contributed by atoms with E-state index in [4.69, 9.17) is 23.2 Å². The summed E-state index contributed by atoms with van der Waals surface area (Å²) in [7, 11) is -1.16. The molecule has 1 N–H and O–H groups in total. The lowest BCUT2D eigenvalue weighted by molar-refractivity contribution is -0.141. The van der Waals surface area contributed by atoms with Crippen LogP contribution in [-0.4, -0.2) is 56.1 Å². The fraction of sp³-hybridized carbons (Fsp3) is 0.280. The van der Waals surface area contributed by atoms with Crippen LogP contribution in [0.3, 0.4) is 0 Å². The minimum absolute atomic E-state index is 0.0485. The van der Waals surface area contributed by atoms with Gasteiger partial charge in [0.25, 0.3) is 0 Å². The third kappa shape index (κ3) is 5.95. The zero-order valence-electron chi connectivity index (χ0n) is 19.7. The summed E-state index contributed by atoms with van der Waals surface area (Å²) in [4.78, 5) is 27.4. The Morgan fingerprint density at radius 2 is 1.60 bits per heavy atom. The molecule has 0 saturated heterocycles. The molecule has 10 heteroatoms. The number of halogens is 2. The summed E-state index contributed by atoms with van der Waals surface area (Å²) in [5.41, 5.74) is 0.478. The molecule has 0 spiro atoms. The van der Waals surface area contributed by atoms with Gasteiger partial charge in [0.1, 0.15) is 6.04 Å². The van der Waals surface area contributed by atoms with Gasteiger partial charge in [-0.2, -0.15) is 4.31 Å². The molecule has 186 valence electrons. The average Bonchev–Trinajstić information content (AvgIpc) is 2.84. The van der Waals surface area contributed by atoms with Gasteiger partial charge in [0.05, 0.1) is 11.4 Å². The van der Waals surface area contributed by atoms with E-state index in [2.05, 4.69) is 5.32 Å². The van der Waals surface area contributed by atoms with Crippen LogP contribution in [0.4, 0.5) is 0 Å². The molecule has 7 nitrogen and oxygen atoms in total. The molecule has 35 heavy (non-hydrogen) atoms. The molecule has 2 amide bonds. The SMILES string of the molecule is CC[C@@H](C(=O)NC)N(Cc1c(Cl)cccc1Cl)C(=O)CN(C)S(=O)(=O)c1ccc2ccccc2c1. The van der Waals surface area contributed by atoms with E-state index in [1.54, 1.807) is 37.3 Å². The van der Waals surface area contributed by atoms with Gasteiger partial charge in [-0.1, -0.05) is 66.5 Å². The van der Waals surface area contributed by atoms with Gasteiger partial charge in [-0.15, -0.1) is 0 Å². The minimum Gasteiger partial charge on any atom is -0.357 e. The van der Waals surface area contributed by atoms with E-state index < -0.39 is 28.5 Å². The topological polar surface area (TPSA) is 86.8 Å². The predicted octanol–water partition coefficient (Wildman–Crippen LogP) is 4.32. The zero-order chi connectivity index (χ0) is 25.8. The van der Waals surface area contributed by atoms with Crippen LogP contribution in [0.25, 0.3) is 10.8 Å². The van der Waals surface area contributed by atoms with Crippen molar-refractivity contribution in [1.29, 1.82) is 0 Å². The molecule has 3 aromatic carbocycles. The highest BCUT2D eigenvalue weighted by molar-refractivity contribution is 7.89. The highest BCUT2D eigenvalue weighted by Gasteiger charge is 2.32. The summed E-state index contributed by atoms with van der Waals surface area (Å²) in [5, 5.41) is 4.93. The molecular formula is C25H27Cl2N3O4S. The predicted molar refractivity (Wildman–Crippen MR) is 139 cm³/mol. The maximum absolute atomic E-state index is 13.4. The van der Waals surface area contributed by atoms with Gasteiger partial charge in [0.2, 0.25) is 21.8 Å². The van der Waals surface area contributed by atoms with Gasteiger partial charge in [-0.25, -0.2) is 8.42 Å². The second-order valence-electron chi connectivity index (χ2n) is 8.03. The first kappa shape index (κ1) is 26.9. The number of nitrogens with zero attached hydrogens (tertiary/aromatic N) is 2. The third-order valence-electron chi connectivity index (χ3n) is 5.81. The number of benzene rings is 3. The summed E-state index contributed by atoms with van der Waals surface area (Å²) in [6, 6.07) is 16.4. The van der Waals surface area contributed by atoms with E-state index in [1.165, 1.54) is 25.1 Å². The van der Waals surface area contributed by atoms with Gasteiger partial charge < -0.3 is 10.2 Å². The smallest absolute Gasteiger partial charge is 0.243 e. The third-order valence-corrected chi connectivity index (χ3v) is 8.32. The fourth-order valence-electron chi connectivity index (χ4n) is 3.81. The number of nitrogens with one attached hydrogen (secondary N) is 1. The van der Waals surface area contributed by atoms with Crippen molar-refractivity contribution in [3.05, 3.63) is 76.3 Å². The molecule has 0 aromatic heterocycles. The van der Waals surface area contributed by atoms with Gasteiger partial charge in [0, 0.05) is 36.2 Å². The van der Waals surface area contributed by atoms with E-state index in [0.717, 1.165) is 15.1 Å². The van der Waals surface area contributed by atoms with E-state index in [0.29, 0.717) is 22.0 Å². The number of sulfonamides is 1. The Morgan fingerprint density at radius 3 is 2.20 bits per heavy atom. The van der Waals surface area contributed by atoms with Crippen LogP contribution in [0.15, 0.2) is 65.6 Å². The molecule has 0 saturated carbocycles. The lowest BCUT2D eigenvalue weighted by atomic mass is 10.1. The number of carbonyl (C=O) groups is 2. The molecule has 0 unspecified atom stereocenters. The van der Waals surface area contributed by atoms with Crippen LogP contribution in [-0.2, 0) is 26.2 Å². The van der Waals surface area contributed by atoms with Crippen molar-refractivity contribution in [2.45, 2.75) is 30.8 Å². The summed E-state index contributed by atoms with van der Waals surface area (Å²) < 4.78 is 27.5. The lowest BCUT2D eigenvalue weighted by Gasteiger charge is -2.32. The first-order chi connectivity index (χ1) is 16.6. The van der Waals surface area contributed by atoms with Crippen LogP contribution in [0.2, 0.25) is 10.0 Å². The van der Waals surface area contributed by atoms with Crippen LogP contribution in [0, 0.1) is 0 Å². The van der Waals surface area contributed by atoms with Gasteiger partial charge in [-0.3, -0.25) is 9.59 Å². The highest BCUT2D eigenvalue weighted by Crippen LogP contribution is 2.27. The number of amides is 2. The number of hydrogen-bond acceptors (Lipinski definition) is 4. The van der Waals surface area contributed by atoms with Crippen LogP contribution in [0.1, 0.15) is 18.9 Å². The van der Waals surface area contributed by atoms with Crippen molar-refractivity contribution in [1.82, 2.24) is 14.5 Å². The number of hydrogen-bond donors (Lipinski definition) is 1. The van der Waals surface area contributed by atoms with E-state index in [1.807, 2.05) is 24.3 Å². The van der Waals surface area contributed by atoms with Crippen molar-refractivity contribution in [2.24, 2.45) is 0 Å². The van der Waals surface area contributed by atoms with Crippen molar-refractivity contribution in [3.8, 4) is 0 Å². The first-order valence-electron chi connectivity index (χ1n) is 11.0. The van der Waals surface area contributed by atoms with Gasteiger partial charge in [-0.05, 0) is 41.5 Å². The number of fused-ring (bicyclic) bond motifs is 1. The molecular weight excluding hydrogens is 509 g/mol. The summed E-state index contributed by atoms with van der Waals surface area (Å²) in [6.45, 7) is 1.25. The number of rotatable bonds is 9. The second kappa shape index (κ2) is 11.4. The van der Waals surface area contributed by atoms with Crippen LogP contribution < -0.4 is 5.32 Å². The lowest BCUT2D eigenvalue weighted by Crippen LogP contribution is -2.51. The van der Waals surface area contributed by atoms with Crippen LogP contribution in [0.5, 0.6) is 0 Å². The number of carbonyl (C=O) groups excluding carboxylic acids is 2. The summed E-state index contributed by atoms with van der Waals surface area (Å²) in [5.74, 6) is -0.924. The molecule has 3 aromatic rings. The molecule has 0 aliphatic heterocycles. The highest BCUT2D eigenvalue weighted by atomic mass is 35.5. The number of likely N-dealkylation sites (N-methyl/N-ethyl adjacent to an activating group) is 2. The Morgan fingerprint density at radius 1 is 0.971 bits per heavy atom. The Hall–Kier alpha value is -2.65. The Kier molecular flexibility index (Phi) is 8.77. The maximum Gasteiger partial charge on any atom is 0.243 e. The molecule has 3 rings (SSSR count). The normalized spacial score (nSPS) is 12.5. The van der Waals surface area contributed by atoms with E-state index >= 15 is 0 Å². The molecule has 0 aliphatic carbocycles. The largest absolute Gasteiger partial charge is 0.357 e. The second-order valence-corrected chi connectivity index (χ2v) is 10.9. The monoisotopic (exact) mass is 535 g/mol. The van der Waals surface area contributed by atoms with Crippen molar-refractivity contribution < 1.29 is 18.0 Å². The van der Waals surface area contributed by atoms with Gasteiger partial charge in [0.15, 0.2) is 0 Å². The molecule has 0 radical (unpaired) electrons. The Bertz CT molecular complexity index is 1330. The van der Waals surface area contributed by atoms with Crippen molar-refractivity contribution in [2.75, 3.05) is 20.6 Å². The minimum atomic E-state index is -3.97. The maximum atomic E-state index is 13.4. The first-order valence-corrected chi connectivity index (χ1v) is 13.2. The van der Waals surface area contributed by atoms with Crippen molar-refractivity contribution >= 4 is 55.8 Å². The molecule has 0 fully saturated rings. The zero-order valence-corrected chi connectivity index (χ0v) is 22.0. The Labute approximate surface area is 215 Å². The molecule has 1 atom stereocenters. The Balaban J connectivity index is 1.91. The molecule has 0 bridgehead atoms. The van der Waals surface area contributed by atoms with E-state index in [-0.39, 0.29) is 17.3 Å². The fourth-order valence-corrected chi connectivity index (χ4v) is 5.49. The molecule has 0 heterocycles. The van der Waals surface area contributed by atoms with Crippen molar-refractivity contribution in [3.63, 3.8) is 0 Å². The standard InChI is InChI=1S/C25H27Cl2N3O4S/c1-4-23(25(32)28-2)30(15-20-21(26)10-7-11-22(20)27)24(31)16-29(3)35(33,34)19-13-12-17-8-5-6-9-18(17)14-19/h5-14,23H,4,15-16H2,1-3H3,(H,28,32)/t23-/m0/s1. The summed E-state index contributed by atoms with van der Waals surface area (Å²) >= 11 is 12.6. The van der Waals surface area contributed by atoms with Gasteiger partial charge >= 0.3 is 0 Å². The average molecular weight is 536 g/mol. The van der Waals surface area contributed by atoms with E-state index in [9.17, 15) is 18.0 Å². The molecule has 0 aliphatic rings. The summed E-state index contributed by atoms with van der Waals surface area (Å²) in [6.07, 6.45) is 0.314.